The fourth-order valence-corrected chi connectivity index (χ4v) is 5.51. The summed E-state index contributed by atoms with van der Waals surface area (Å²) in [5.41, 5.74) is 4.48. The van der Waals surface area contributed by atoms with Crippen LogP contribution in [-0.2, 0) is 23.1 Å². The molecule has 0 atom stereocenters. The number of anilines is 3. The minimum atomic E-state index is -0.242. The second kappa shape index (κ2) is 7.86. The highest BCUT2D eigenvalue weighted by atomic mass is 16.1. The Balaban J connectivity index is 1.27. The van der Waals surface area contributed by atoms with Crippen molar-refractivity contribution in [2.75, 3.05) is 23.3 Å². The molecule has 5 heteroatoms. The summed E-state index contributed by atoms with van der Waals surface area (Å²) in [5.74, 6) is 3.86. The number of carbonyl (C=O) groups excluding carboxylic acids is 1. The fourth-order valence-electron chi connectivity index (χ4n) is 5.51. The first-order valence-corrected chi connectivity index (χ1v) is 12.6. The summed E-state index contributed by atoms with van der Waals surface area (Å²) >= 11 is 0. The van der Waals surface area contributed by atoms with Crippen LogP contribution in [0.3, 0.4) is 0 Å². The molecule has 0 radical (unpaired) electrons. The van der Waals surface area contributed by atoms with Crippen LogP contribution in [0.2, 0.25) is 0 Å². The van der Waals surface area contributed by atoms with Crippen molar-refractivity contribution in [2.24, 2.45) is 11.8 Å². The minimum Gasteiger partial charge on any atom is -0.340 e. The van der Waals surface area contributed by atoms with Gasteiger partial charge in [-0.15, -0.1) is 0 Å². The molecule has 0 spiro atoms. The topological polar surface area (TPSA) is 58.1 Å². The molecule has 6 rings (SSSR count). The molecule has 4 aliphatic rings. The third kappa shape index (κ3) is 3.80. The number of hydrogen-bond acceptors (Lipinski definition) is 5. The van der Waals surface area contributed by atoms with Crippen molar-refractivity contribution in [3.05, 3.63) is 41.1 Å². The highest BCUT2D eigenvalue weighted by molar-refractivity contribution is 5.89. The van der Waals surface area contributed by atoms with Gasteiger partial charge in [0.05, 0.1) is 11.1 Å². The summed E-state index contributed by atoms with van der Waals surface area (Å²) in [7, 11) is 0. The lowest BCUT2D eigenvalue weighted by Gasteiger charge is -2.40. The predicted molar refractivity (Wildman–Crippen MR) is 128 cm³/mol. The van der Waals surface area contributed by atoms with Gasteiger partial charge in [-0.3, -0.25) is 4.79 Å². The highest BCUT2D eigenvalue weighted by Gasteiger charge is 2.42. The molecule has 1 aromatic carbocycles. The summed E-state index contributed by atoms with van der Waals surface area (Å²) in [5, 5.41) is 3.62. The monoisotopic (exact) mass is 430 g/mol. The van der Waals surface area contributed by atoms with Gasteiger partial charge < -0.3 is 10.2 Å². The number of benzene rings is 1. The van der Waals surface area contributed by atoms with Gasteiger partial charge >= 0.3 is 0 Å². The first-order valence-electron chi connectivity index (χ1n) is 12.6. The fraction of sp³-hybridized carbons (Fsp3) is 0.593. The number of fused-ring (bicyclic) bond motifs is 1. The number of hydrogen-bond donors (Lipinski definition) is 1. The lowest BCUT2D eigenvalue weighted by atomic mass is 9.62. The summed E-state index contributed by atoms with van der Waals surface area (Å²) < 4.78 is 0. The van der Waals surface area contributed by atoms with Gasteiger partial charge in [-0.05, 0) is 94.2 Å². The zero-order valence-electron chi connectivity index (χ0n) is 19.2. The van der Waals surface area contributed by atoms with Gasteiger partial charge in [0.25, 0.3) is 0 Å². The van der Waals surface area contributed by atoms with Crippen LogP contribution in [0, 0.1) is 11.8 Å². The van der Waals surface area contributed by atoms with E-state index in [1.54, 1.807) is 6.92 Å². The van der Waals surface area contributed by atoms with Crippen LogP contribution >= 0.6 is 0 Å². The number of rotatable bonds is 9. The van der Waals surface area contributed by atoms with Gasteiger partial charge in [-0.2, -0.15) is 4.98 Å². The summed E-state index contributed by atoms with van der Waals surface area (Å²) in [4.78, 5) is 24.9. The van der Waals surface area contributed by atoms with Crippen LogP contribution < -0.4 is 10.2 Å². The Morgan fingerprint density at radius 3 is 2.25 bits per heavy atom. The molecule has 2 aromatic rings. The normalized spacial score (nSPS) is 21.0. The molecule has 1 aromatic heterocycles. The molecule has 1 N–H and O–H groups in total. The average molecular weight is 431 g/mol. The van der Waals surface area contributed by atoms with Gasteiger partial charge in [-0.25, -0.2) is 4.98 Å². The molecule has 0 aliphatic heterocycles. The second-order valence-electron chi connectivity index (χ2n) is 10.6. The lowest BCUT2D eigenvalue weighted by Crippen LogP contribution is -2.40. The zero-order chi connectivity index (χ0) is 21.7. The molecule has 168 valence electrons. The van der Waals surface area contributed by atoms with E-state index in [2.05, 4.69) is 34.5 Å². The van der Waals surface area contributed by atoms with Gasteiger partial charge in [0, 0.05) is 24.3 Å². The maximum absolute atomic E-state index is 12.3. The van der Waals surface area contributed by atoms with E-state index in [1.807, 2.05) is 0 Å². The van der Waals surface area contributed by atoms with Crippen LogP contribution in [0.1, 0.15) is 75.1 Å². The third-order valence-electron chi connectivity index (χ3n) is 8.14. The number of nitrogens with one attached hydrogen (secondary N) is 1. The molecular weight excluding hydrogens is 396 g/mol. The van der Waals surface area contributed by atoms with Gasteiger partial charge in [0.2, 0.25) is 5.95 Å². The van der Waals surface area contributed by atoms with E-state index < -0.39 is 0 Å². The Bertz CT molecular complexity index is 1000. The molecular formula is C27H34N4O. The molecule has 4 aliphatic carbocycles. The molecule has 0 unspecified atom stereocenters. The molecule has 1 heterocycles. The summed E-state index contributed by atoms with van der Waals surface area (Å²) in [6, 6.07) is 8.51. The smallest absolute Gasteiger partial charge is 0.227 e. The van der Waals surface area contributed by atoms with Crippen molar-refractivity contribution in [1.29, 1.82) is 0 Å². The van der Waals surface area contributed by atoms with Crippen molar-refractivity contribution in [2.45, 2.75) is 76.5 Å². The molecule has 32 heavy (non-hydrogen) atoms. The van der Waals surface area contributed by atoms with Crippen molar-refractivity contribution >= 4 is 23.2 Å². The Kier molecular flexibility index (Phi) is 4.96. The first-order chi connectivity index (χ1) is 15.6. The first kappa shape index (κ1) is 20.2. The van der Waals surface area contributed by atoms with Crippen LogP contribution in [0.5, 0.6) is 0 Å². The SMILES string of the molecule is CC(=O)C1(c2ccc(Nc3nc(N(CC4CC4)CC4CC4)nc4c3CCC4)cc2)CCC1. The number of nitrogens with zero attached hydrogens (tertiary/aromatic N) is 3. The Hall–Kier alpha value is -2.43. The van der Waals surface area contributed by atoms with E-state index in [1.165, 1.54) is 36.9 Å². The number of ketones is 1. The van der Waals surface area contributed by atoms with E-state index in [4.69, 9.17) is 9.97 Å². The maximum Gasteiger partial charge on any atom is 0.227 e. The van der Waals surface area contributed by atoms with Gasteiger partial charge in [0.15, 0.2) is 0 Å². The van der Waals surface area contributed by atoms with Crippen molar-refractivity contribution in [3.63, 3.8) is 0 Å². The maximum atomic E-state index is 12.3. The number of Topliss-reactive ketones (excluding diaryl/α,β-unsaturated/α-hetero) is 1. The van der Waals surface area contributed by atoms with E-state index in [0.29, 0.717) is 5.78 Å². The minimum absolute atomic E-state index is 0.242. The number of aromatic nitrogens is 2. The van der Waals surface area contributed by atoms with Crippen LogP contribution in [0.25, 0.3) is 0 Å². The number of aryl methyl sites for hydroxylation is 1. The summed E-state index contributed by atoms with van der Waals surface area (Å²) in [6.45, 7) is 3.96. The van der Waals surface area contributed by atoms with Crippen LogP contribution in [0.4, 0.5) is 17.5 Å². The van der Waals surface area contributed by atoms with Crippen LogP contribution in [0.15, 0.2) is 24.3 Å². The largest absolute Gasteiger partial charge is 0.340 e. The van der Waals surface area contributed by atoms with Crippen molar-refractivity contribution in [1.82, 2.24) is 9.97 Å². The summed E-state index contributed by atoms with van der Waals surface area (Å²) in [6.07, 6.45) is 11.8. The van der Waals surface area contributed by atoms with Gasteiger partial charge in [-0.1, -0.05) is 18.6 Å². The quantitative estimate of drug-likeness (QED) is 0.581. The Morgan fingerprint density at radius 1 is 1.00 bits per heavy atom. The molecule has 5 nitrogen and oxygen atoms in total. The van der Waals surface area contributed by atoms with E-state index >= 15 is 0 Å². The van der Waals surface area contributed by atoms with Crippen molar-refractivity contribution < 1.29 is 4.79 Å². The molecule has 3 fully saturated rings. The second-order valence-corrected chi connectivity index (χ2v) is 10.6. The van der Waals surface area contributed by atoms with E-state index in [9.17, 15) is 4.79 Å². The molecule has 0 saturated heterocycles. The third-order valence-corrected chi connectivity index (χ3v) is 8.14. The van der Waals surface area contributed by atoms with E-state index in [0.717, 1.165) is 86.5 Å². The molecule has 0 amide bonds. The Labute approximate surface area is 191 Å². The predicted octanol–water partition coefficient (Wildman–Crippen LogP) is 5.35. The van der Waals surface area contributed by atoms with E-state index in [-0.39, 0.29) is 5.41 Å². The zero-order valence-corrected chi connectivity index (χ0v) is 19.2. The number of carbonyl (C=O) groups is 1. The van der Waals surface area contributed by atoms with Crippen LogP contribution in [-0.4, -0.2) is 28.8 Å². The molecule has 0 bridgehead atoms. The van der Waals surface area contributed by atoms with Gasteiger partial charge in [0.1, 0.15) is 11.6 Å². The lowest BCUT2D eigenvalue weighted by molar-refractivity contribution is -0.125. The van der Waals surface area contributed by atoms with Crippen molar-refractivity contribution in [3.8, 4) is 0 Å². The standard InChI is InChI=1S/C27H34N4O/c1-18(32)27(14-3-15-27)21-10-12-22(13-11-21)28-25-23-4-2-5-24(23)29-26(30-25)31(16-19-6-7-19)17-20-8-9-20/h10-13,19-20H,2-9,14-17H2,1H3,(H,28,29,30). The Morgan fingerprint density at radius 2 is 1.69 bits per heavy atom. The highest BCUT2D eigenvalue weighted by Crippen LogP contribution is 2.45. The average Bonchev–Trinajstić information content (AvgIpc) is 3.68. The molecule has 3 saturated carbocycles.